The Morgan fingerprint density at radius 3 is 2.75 bits per heavy atom. The summed E-state index contributed by atoms with van der Waals surface area (Å²) in [6.07, 6.45) is 0.890. The van der Waals surface area contributed by atoms with Crippen molar-refractivity contribution in [2.75, 3.05) is 0 Å². The summed E-state index contributed by atoms with van der Waals surface area (Å²) in [6, 6.07) is 6.91. The van der Waals surface area contributed by atoms with Crippen molar-refractivity contribution >= 4 is 5.78 Å². The molecule has 0 aliphatic rings. The molecule has 3 heteroatoms. The second-order valence-electron chi connectivity index (χ2n) is 3.72. The Morgan fingerprint density at radius 2 is 2.25 bits per heavy atom. The van der Waals surface area contributed by atoms with E-state index in [1.54, 1.807) is 18.2 Å². The summed E-state index contributed by atoms with van der Waals surface area (Å²) in [5.74, 6) is 0.448. The van der Waals surface area contributed by atoms with E-state index in [2.05, 4.69) is 0 Å². The summed E-state index contributed by atoms with van der Waals surface area (Å²) < 4.78 is 5.63. The molecule has 0 saturated carbocycles. The molecule has 0 N–H and O–H groups in total. The smallest absolute Gasteiger partial charge is 0.163 e. The van der Waals surface area contributed by atoms with E-state index >= 15 is 0 Å². The van der Waals surface area contributed by atoms with Crippen molar-refractivity contribution < 1.29 is 9.53 Å². The molecule has 0 spiro atoms. The highest BCUT2D eigenvalue weighted by atomic mass is 16.5. The van der Waals surface area contributed by atoms with Crippen LogP contribution in [0.5, 0.6) is 5.75 Å². The van der Waals surface area contributed by atoms with E-state index < -0.39 is 0 Å². The normalized spacial score (nSPS) is 11.6. The minimum atomic E-state index is -0.0530. The predicted octanol–water partition coefficient (Wildman–Crippen LogP) is 2.94. The first kappa shape index (κ1) is 12.3. The van der Waals surface area contributed by atoms with Gasteiger partial charge in [0.25, 0.3) is 0 Å². The Balaban J connectivity index is 3.11. The minimum absolute atomic E-state index is 0.0343. The molecule has 0 aliphatic heterocycles. The molecule has 1 aromatic carbocycles. The summed E-state index contributed by atoms with van der Waals surface area (Å²) in [6.45, 7) is 5.43. The van der Waals surface area contributed by atoms with E-state index in [0.29, 0.717) is 16.9 Å². The van der Waals surface area contributed by atoms with Crippen molar-refractivity contribution in [3.05, 3.63) is 29.3 Å². The number of hydrogen-bond donors (Lipinski definition) is 0. The number of carbonyl (C=O) groups is 1. The standard InChI is InChI=1S/C13H15NO2/c1-4-9(2)16-13-7-11(8-14)5-6-12(13)10(3)15/h5-7,9H,4H2,1-3H3. The Kier molecular flexibility index (Phi) is 4.07. The molecule has 3 nitrogen and oxygen atoms in total. The number of nitriles is 1. The summed E-state index contributed by atoms with van der Waals surface area (Å²) in [5.41, 5.74) is 1.03. The molecule has 0 amide bonds. The van der Waals surface area contributed by atoms with Gasteiger partial charge in [-0.15, -0.1) is 0 Å². The molecule has 0 saturated heterocycles. The number of ketones is 1. The van der Waals surface area contributed by atoms with Crippen LogP contribution in [0, 0.1) is 11.3 Å². The van der Waals surface area contributed by atoms with Gasteiger partial charge in [-0.2, -0.15) is 5.26 Å². The maximum absolute atomic E-state index is 11.4. The summed E-state index contributed by atoms with van der Waals surface area (Å²) in [7, 11) is 0. The quantitative estimate of drug-likeness (QED) is 0.728. The highest BCUT2D eigenvalue weighted by Crippen LogP contribution is 2.22. The summed E-state index contributed by atoms with van der Waals surface area (Å²) >= 11 is 0. The number of Topliss-reactive ketones (excluding diaryl/α,β-unsaturated/α-hetero) is 1. The summed E-state index contributed by atoms with van der Waals surface area (Å²) in [5, 5.41) is 8.79. The Hall–Kier alpha value is -1.82. The molecule has 16 heavy (non-hydrogen) atoms. The minimum Gasteiger partial charge on any atom is -0.490 e. The maximum Gasteiger partial charge on any atom is 0.163 e. The van der Waals surface area contributed by atoms with Crippen molar-refractivity contribution in [1.82, 2.24) is 0 Å². The van der Waals surface area contributed by atoms with E-state index in [-0.39, 0.29) is 11.9 Å². The number of rotatable bonds is 4. The monoisotopic (exact) mass is 217 g/mol. The first-order valence-electron chi connectivity index (χ1n) is 5.30. The van der Waals surface area contributed by atoms with Crippen LogP contribution in [-0.4, -0.2) is 11.9 Å². The predicted molar refractivity (Wildman–Crippen MR) is 61.5 cm³/mol. The molecule has 0 heterocycles. The molecule has 1 rings (SSSR count). The molecule has 0 fully saturated rings. The van der Waals surface area contributed by atoms with Crippen LogP contribution in [0.1, 0.15) is 43.1 Å². The molecule has 0 radical (unpaired) electrons. The molecule has 1 atom stereocenters. The van der Waals surface area contributed by atoms with Crippen LogP contribution in [0.25, 0.3) is 0 Å². The molecule has 84 valence electrons. The molecule has 0 bridgehead atoms. The number of benzene rings is 1. The number of carbonyl (C=O) groups excluding carboxylic acids is 1. The highest BCUT2D eigenvalue weighted by molar-refractivity contribution is 5.97. The average molecular weight is 217 g/mol. The van der Waals surface area contributed by atoms with Crippen LogP contribution < -0.4 is 4.74 Å². The van der Waals surface area contributed by atoms with Gasteiger partial charge in [0, 0.05) is 0 Å². The number of nitrogens with zero attached hydrogens (tertiary/aromatic N) is 1. The van der Waals surface area contributed by atoms with Crippen molar-refractivity contribution in [2.45, 2.75) is 33.3 Å². The van der Waals surface area contributed by atoms with Crippen molar-refractivity contribution in [2.24, 2.45) is 0 Å². The second-order valence-corrected chi connectivity index (χ2v) is 3.72. The fourth-order valence-electron chi connectivity index (χ4n) is 1.28. The van der Waals surface area contributed by atoms with Gasteiger partial charge in [0.1, 0.15) is 5.75 Å². The third-order valence-electron chi connectivity index (χ3n) is 2.39. The molecule has 1 aromatic rings. The van der Waals surface area contributed by atoms with E-state index in [1.807, 2.05) is 19.9 Å². The largest absolute Gasteiger partial charge is 0.490 e. The third-order valence-corrected chi connectivity index (χ3v) is 2.39. The van der Waals surface area contributed by atoms with E-state index in [4.69, 9.17) is 10.00 Å². The highest BCUT2D eigenvalue weighted by Gasteiger charge is 2.11. The van der Waals surface area contributed by atoms with Gasteiger partial charge in [-0.25, -0.2) is 0 Å². The molecular formula is C13H15NO2. The van der Waals surface area contributed by atoms with Gasteiger partial charge in [-0.1, -0.05) is 6.92 Å². The zero-order valence-electron chi connectivity index (χ0n) is 9.78. The zero-order chi connectivity index (χ0) is 12.1. The second kappa shape index (κ2) is 5.32. The lowest BCUT2D eigenvalue weighted by atomic mass is 10.1. The van der Waals surface area contributed by atoms with Gasteiger partial charge >= 0.3 is 0 Å². The fraction of sp³-hybridized carbons (Fsp3) is 0.385. The van der Waals surface area contributed by atoms with Crippen LogP contribution in [-0.2, 0) is 0 Å². The van der Waals surface area contributed by atoms with Gasteiger partial charge in [-0.3, -0.25) is 4.79 Å². The van der Waals surface area contributed by atoms with Gasteiger partial charge in [0.15, 0.2) is 5.78 Å². The molecular weight excluding hydrogens is 202 g/mol. The topological polar surface area (TPSA) is 50.1 Å². The number of hydrogen-bond acceptors (Lipinski definition) is 3. The Morgan fingerprint density at radius 1 is 1.56 bits per heavy atom. The van der Waals surface area contributed by atoms with Crippen molar-refractivity contribution in [3.63, 3.8) is 0 Å². The molecule has 0 aromatic heterocycles. The van der Waals surface area contributed by atoms with E-state index in [1.165, 1.54) is 6.92 Å². The average Bonchev–Trinajstić information content (AvgIpc) is 2.28. The van der Waals surface area contributed by atoms with E-state index in [0.717, 1.165) is 6.42 Å². The molecule has 1 unspecified atom stereocenters. The fourth-order valence-corrected chi connectivity index (χ4v) is 1.28. The third kappa shape index (κ3) is 2.83. The van der Waals surface area contributed by atoms with Crippen LogP contribution in [0.3, 0.4) is 0 Å². The van der Waals surface area contributed by atoms with Crippen LogP contribution in [0.2, 0.25) is 0 Å². The first-order valence-corrected chi connectivity index (χ1v) is 5.30. The lowest BCUT2D eigenvalue weighted by molar-refractivity contribution is 0.101. The maximum atomic E-state index is 11.4. The Bertz CT molecular complexity index is 432. The lowest BCUT2D eigenvalue weighted by Gasteiger charge is -2.15. The lowest BCUT2D eigenvalue weighted by Crippen LogP contribution is -2.12. The summed E-state index contributed by atoms with van der Waals surface area (Å²) in [4.78, 5) is 11.4. The first-order chi connectivity index (χ1) is 7.58. The van der Waals surface area contributed by atoms with Crippen molar-refractivity contribution in [3.8, 4) is 11.8 Å². The Labute approximate surface area is 95.7 Å². The molecule has 0 aliphatic carbocycles. The van der Waals surface area contributed by atoms with Gasteiger partial charge in [-0.05, 0) is 38.5 Å². The van der Waals surface area contributed by atoms with E-state index in [9.17, 15) is 4.79 Å². The van der Waals surface area contributed by atoms with Crippen LogP contribution in [0.15, 0.2) is 18.2 Å². The van der Waals surface area contributed by atoms with Gasteiger partial charge in [0.05, 0.1) is 23.3 Å². The number of ether oxygens (including phenoxy) is 1. The van der Waals surface area contributed by atoms with Gasteiger partial charge in [0.2, 0.25) is 0 Å². The van der Waals surface area contributed by atoms with Gasteiger partial charge < -0.3 is 4.74 Å². The van der Waals surface area contributed by atoms with Crippen molar-refractivity contribution in [1.29, 1.82) is 5.26 Å². The van der Waals surface area contributed by atoms with Crippen LogP contribution in [0.4, 0.5) is 0 Å². The van der Waals surface area contributed by atoms with Crippen LogP contribution >= 0.6 is 0 Å². The zero-order valence-corrected chi connectivity index (χ0v) is 9.78. The SMILES string of the molecule is CCC(C)Oc1cc(C#N)ccc1C(C)=O.